The molecule has 3 heteroatoms. The van der Waals surface area contributed by atoms with Crippen LogP contribution in [0.25, 0.3) is 0 Å². The topological polar surface area (TPSA) is 58.9 Å². The van der Waals surface area contributed by atoms with Gasteiger partial charge in [-0.15, -0.1) is 0 Å². The van der Waals surface area contributed by atoms with Gasteiger partial charge in [-0.25, -0.2) is 0 Å². The van der Waals surface area contributed by atoms with Crippen molar-refractivity contribution >= 4 is 5.69 Å². The SMILES string of the molecule is Cc1cc(=O)c(N)c(C)[nH]1. The highest BCUT2D eigenvalue weighted by molar-refractivity contribution is 5.42. The first-order chi connectivity index (χ1) is 4.61. The molecule has 10 heavy (non-hydrogen) atoms. The first-order valence-corrected chi connectivity index (χ1v) is 3.07. The molecule has 0 aliphatic carbocycles. The molecule has 0 fully saturated rings. The number of hydrogen-bond acceptors (Lipinski definition) is 2. The summed E-state index contributed by atoms with van der Waals surface area (Å²) in [4.78, 5) is 13.9. The third-order valence-corrected chi connectivity index (χ3v) is 1.40. The van der Waals surface area contributed by atoms with Gasteiger partial charge in [-0.2, -0.15) is 0 Å². The van der Waals surface area contributed by atoms with E-state index in [1.165, 1.54) is 6.07 Å². The van der Waals surface area contributed by atoms with Crippen LogP contribution in [0, 0.1) is 13.8 Å². The van der Waals surface area contributed by atoms with Crippen LogP contribution in [0.4, 0.5) is 5.69 Å². The third-order valence-electron chi connectivity index (χ3n) is 1.40. The summed E-state index contributed by atoms with van der Waals surface area (Å²) in [7, 11) is 0. The molecule has 0 aromatic carbocycles. The first kappa shape index (κ1) is 6.86. The van der Waals surface area contributed by atoms with Crippen molar-refractivity contribution in [2.24, 2.45) is 0 Å². The minimum Gasteiger partial charge on any atom is -0.394 e. The van der Waals surface area contributed by atoms with Gasteiger partial charge in [0.15, 0.2) is 0 Å². The number of nitrogens with one attached hydrogen (secondary N) is 1. The average Bonchev–Trinajstić information content (AvgIpc) is 1.82. The van der Waals surface area contributed by atoms with Gasteiger partial charge in [0.05, 0.1) is 5.69 Å². The number of aromatic nitrogens is 1. The highest BCUT2D eigenvalue weighted by atomic mass is 16.1. The molecule has 1 heterocycles. The summed E-state index contributed by atoms with van der Waals surface area (Å²) < 4.78 is 0. The van der Waals surface area contributed by atoms with Gasteiger partial charge < -0.3 is 10.7 Å². The number of H-pyrrole nitrogens is 1. The lowest BCUT2D eigenvalue weighted by Gasteiger charge is -1.99. The van der Waals surface area contributed by atoms with Crippen LogP contribution >= 0.6 is 0 Å². The molecule has 0 aliphatic heterocycles. The van der Waals surface area contributed by atoms with E-state index < -0.39 is 0 Å². The van der Waals surface area contributed by atoms with Crippen LogP contribution in [-0.4, -0.2) is 4.98 Å². The van der Waals surface area contributed by atoms with Crippen molar-refractivity contribution in [2.75, 3.05) is 5.73 Å². The lowest BCUT2D eigenvalue weighted by Crippen LogP contribution is -2.10. The van der Waals surface area contributed by atoms with Crippen LogP contribution < -0.4 is 11.2 Å². The smallest absolute Gasteiger partial charge is 0.204 e. The lowest BCUT2D eigenvalue weighted by atomic mass is 10.3. The molecule has 0 bridgehead atoms. The molecule has 0 amide bonds. The molecule has 3 N–H and O–H groups in total. The molecule has 1 rings (SSSR count). The molecule has 0 radical (unpaired) electrons. The zero-order valence-corrected chi connectivity index (χ0v) is 6.06. The van der Waals surface area contributed by atoms with E-state index in [0.717, 1.165) is 11.4 Å². The maximum Gasteiger partial charge on any atom is 0.204 e. The van der Waals surface area contributed by atoms with Crippen molar-refractivity contribution in [1.29, 1.82) is 0 Å². The molecule has 1 aromatic rings. The molecular formula is C7H10N2O. The van der Waals surface area contributed by atoms with E-state index in [1.807, 2.05) is 6.92 Å². The number of pyridine rings is 1. The van der Waals surface area contributed by atoms with Crippen molar-refractivity contribution in [2.45, 2.75) is 13.8 Å². The fourth-order valence-electron chi connectivity index (χ4n) is 0.858. The molecule has 0 unspecified atom stereocenters. The van der Waals surface area contributed by atoms with Gasteiger partial charge >= 0.3 is 0 Å². The van der Waals surface area contributed by atoms with Gasteiger partial charge in [0.1, 0.15) is 0 Å². The van der Waals surface area contributed by atoms with Crippen molar-refractivity contribution in [3.05, 3.63) is 27.7 Å². The number of aromatic amines is 1. The summed E-state index contributed by atoms with van der Waals surface area (Å²) in [5.41, 5.74) is 7.20. The molecule has 0 saturated heterocycles. The zero-order chi connectivity index (χ0) is 7.72. The molecule has 0 aliphatic rings. The molecule has 0 saturated carbocycles. The number of hydrogen-bond donors (Lipinski definition) is 2. The summed E-state index contributed by atoms with van der Waals surface area (Å²) in [5.74, 6) is 0. The number of nitrogens with two attached hydrogens (primary N) is 1. The molecule has 0 atom stereocenters. The van der Waals surface area contributed by atoms with Crippen molar-refractivity contribution in [3.8, 4) is 0 Å². The van der Waals surface area contributed by atoms with Crippen molar-refractivity contribution in [1.82, 2.24) is 4.98 Å². The van der Waals surface area contributed by atoms with Crippen molar-refractivity contribution in [3.63, 3.8) is 0 Å². The van der Waals surface area contributed by atoms with E-state index in [9.17, 15) is 4.79 Å². The summed E-state index contributed by atoms with van der Waals surface area (Å²) in [6.45, 7) is 3.61. The molecule has 0 spiro atoms. The first-order valence-electron chi connectivity index (χ1n) is 3.07. The maximum absolute atomic E-state index is 10.9. The van der Waals surface area contributed by atoms with E-state index in [4.69, 9.17) is 5.73 Å². The van der Waals surface area contributed by atoms with Gasteiger partial charge in [0.2, 0.25) is 5.43 Å². The van der Waals surface area contributed by atoms with Gasteiger partial charge in [0, 0.05) is 17.5 Å². The second-order valence-electron chi connectivity index (χ2n) is 2.36. The fourth-order valence-corrected chi connectivity index (χ4v) is 0.858. The summed E-state index contributed by atoms with van der Waals surface area (Å²) in [6, 6.07) is 1.49. The number of anilines is 1. The quantitative estimate of drug-likeness (QED) is 0.550. The van der Waals surface area contributed by atoms with E-state index in [1.54, 1.807) is 6.92 Å². The molecule has 3 nitrogen and oxygen atoms in total. The number of rotatable bonds is 0. The van der Waals surface area contributed by atoms with Crippen LogP contribution in [0.5, 0.6) is 0 Å². The number of nitrogen functional groups attached to an aromatic ring is 1. The lowest BCUT2D eigenvalue weighted by molar-refractivity contribution is 1.11. The van der Waals surface area contributed by atoms with Crippen LogP contribution in [0.15, 0.2) is 10.9 Å². The molecule has 1 aromatic heterocycles. The monoisotopic (exact) mass is 138 g/mol. The van der Waals surface area contributed by atoms with Gasteiger partial charge in [-0.3, -0.25) is 4.79 Å². The van der Waals surface area contributed by atoms with E-state index in [2.05, 4.69) is 4.98 Å². The standard InChI is InChI=1S/C7H10N2O/c1-4-3-6(10)7(8)5(2)9-4/h3H,8H2,1-2H3,(H,9,10). The largest absolute Gasteiger partial charge is 0.394 e. The molecule has 54 valence electrons. The second-order valence-corrected chi connectivity index (χ2v) is 2.36. The van der Waals surface area contributed by atoms with Gasteiger partial charge in [-0.1, -0.05) is 0 Å². The van der Waals surface area contributed by atoms with E-state index in [0.29, 0.717) is 5.69 Å². The Bertz CT molecular complexity index is 301. The van der Waals surface area contributed by atoms with Crippen LogP contribution in [0.3, 0.4) is 0 Å². The zero-order valence-electron chi connectivity index (χ0n) is 6.06. The van der Waals surface area contributed by atoms with Crippen molar-refractivity contribution < 1.29 is 0 Å². The van der Waals surface area contributed by atoms with Crippen LogP contribution in [-0.2, 0) is 0 Å². The third kappa shape index (κ3) is 1.03. The minimum atomic E-state index is -0.103. The average molecular weight is 138 g/mol. The Morgan fingerprint density at radius 3 is 2.60 bits per heavy atom. The summed E-state index contributed by atoms with van der Waals surface area (Å²) in [6.07, 6.45) is 0. The Kier molecular flexibility index (Phi) is 1.49. The van der Waals surface area contributed by atoms with E-state index >= 15 is 0 Å². The summed E-state index contributed by atoms with van der Waals surface area (Å²) in [5, 5.41) is 0. The minimum absolute atomic E-state index is 0.103. The van der Waals surface area contributed by atoms with Crippen LogP contribution in [0.2, 0.25) is 0 Å². The van der Waals surface area contributed by atoms with E-state index in [-0.39, 0.29) is 5.43 Å². The Labute approximate surface area is 58.9 Å². The summed E-state index contributed by atoms with van der Waals surface area (Å²) >= 11 is 0. The molecular weight excluding hydrogens is 128 g/mol. The fraction of sp³-hybridized carbons (Fsp3) is 0.286. The predicted octanol–water partition coefficient (Wildman–Crippen LogP) is 0.574. The Hall–Kier alpha value is -1.25. The maximum atomic E-state index is 10.9. The number of aryl methyl sites for hydroxylation is 2. The normalized spacial score (nSPS) is 9.80. The Balaban J connectivity index is 3.46. The van der Waals surface area contributed by atoms with Gasteiger partial charge in [0.25, 0.3) is 0 Å². The Morgan fingerprint density at radius 1 is 1.50 bits per heavy atom. The van der Waals surface area contributed by atoms with Gasteiger partial charge in [-0.05, 0) is 13.8 Å². The van der Waals surface area contributed by atoms with Crippen LogP contribution in [0.1, 0.15) is 11.4 Å². The highest BCUT2D eigenvalue weighted by Gasteiger charge is 1.97. The Morgan fingerprint density at radius 2 is 2.10 bits per heavy atom. The second kappa shape index (κ2) is 2.17. The predicted molar refractivity (Wildman–Crippen MR) is 40.9 cm³/mol. The highest BCUT2D eigenvalue weighted by Crippen LogP contribution is 1.99.